The van der Waals surface area contributed by atoms with Gasteiger partial charge in [-0.2, -0.15) is 0 Å². The molecule has 3 nitrogen and oxygen atoms in total. The molecule has 16 heavy (non-hydrogen) atoms. The summed E-state index contributed by atoms with van der Waals surface area (Å²) in [6.45, 7) is 8.25. The number of nitrogens with two attached hydrogens (primary N) is 1. The number of benzene rings is 1. The van der Waals surface area contributed by atoms with Crippen LogP contribution in [0.15, 0.2) is 24.3 Å². The molecular formula is C13H22N2O. The van der Waals surface area contributed by atoms with Crippen LogP contribution in [0.3, 0.4) is 0 Å². The lowest BCUT2D eigenvalue weighted by molar-refractivity contribution is 0.122. The summed E-state index contributed by atoms with van der Waals surface area (Å²) in [5.74, 6) is 0. The summed E-state index contributed by atoms with van der Waals surface area (Å²) in [5, 5.41) is 0. The van der Waals surface area contributed by atoms with Crippen LogP contribution >= 0.6 is 0 Å². The zero-order valence-electron chi connectivity index (χ0n) is 10.3. The highest BCUT2D eigenvalue weighted by Gasteiger charge is 2.10. The topological polar surface area (TPSA) is 38.5 Å². The Labute approximate surface area is 98.2 Å². The van der Waals surface area contributed by atoms with Gasteiger partial charge in [0.2, 0.25) is 0 Å². The normalized spacial score (nSPS) is 15.3. The molecule has 1 aliphatic rings. The van der Waals surface area contributed by atoms with Crippen LogP contribution < -0.4 is 10.6 Å². The number of rotatable bonds is 2. The molecule has 0 aromatic heterocycles. The highest BCUT2D eigenvalue weighted by molar-refractivity contribution is 5.47. The van der Waals surface area contributed by atoms with Crippen molar-refractivity contribution in [3.63, 3.8) is 0 Å². The first-order valence-electron chi connectivity index (χ1n) is 6.02. The van der Waals surface area contributed by atoms with Crippen LogP contribution in [0.25, 0.3) is 0 Å². The first-order chi connectivity index (χ1) is 7.90. The van der Waals surface area contributed by atoms with Gasteiger partial charge in [0.15, 0.2) is 0 Å². The zero-order valence-corrected chi connectivity index (χ0v) is 10.3. The smallest absolute Gasteiger partial charge is 0.0642 e. The van der Waals surface area contributed by atoms with Crippen molar-refractivity contribution in [3.8, 4) is 0 Å². The number of morpholine rings is 1. The van der Waals surface area contributed by atoms with E-state index in [0.29, 0.717) is 6.54 Å². The predicted octanol–water partition coefficient (Wildman–Crippen LogP) is 2.01. The Bertz CT molecular complexity index is 278. The van der Waals surface area contributed by atoms with E-state index in [1.54, 1.807) is 0 Å². The Morgan fingerprint density at radius 3 is 2.19 bits per heavy atom. The molecule has 1 fully saturated rings. The van der Waals surface area contributed by atoms with Crippen molar-refractivity contribution in [1.82, 2.24) is 0 Å². The van der Waals surface area contributed by atoms with Crippen molar-refractivity contribution in [3.05, 3.63) is 29.8 Å². The minimum Gasteiger partial charge on any atom is -0.378 e. The molecule has 0 aliphatic carbocycles. The Kier molecular flexibility index (Phi) is 5.90. The first-order valence-corrected chi connectivity index (χ1v) is 6.02. The second kappa shape index (κ2) is 7.25. The molecule has 0 unspecified atom stereocenters. The van der Waals surface area contributed by atoms with Gasteiger partial charge in [-0.25, -0.2) is 0 Å². The largest absolute Gasteiger partial charge is 0.378 e. The molecule has 0 atom stereocenters. The number of ether oxygens (including phenoxy) is 1. The number of hydrogen-bond donors (Lipinski definition) is 1. The van der Waals surface area contributed by atoms with Crippen molar-refractivity contribution in [1.29, 1.82) is 0 Å². The van der Waals surface area contributed by atoms with E-state index < -0.39 is 0 Å². The van der Waals surface area contributed by atoms with Gasteiger partial charge < -0.3 is 15.4 Å². The molecule has 2 rings (SSSR count). The third-order valence-corrected chi connectivity index (χ3v) is 2.55. The van der Waals surface area contributed by atoms with E-state index in [0.717, 1.165) is 26.3 Å². The minimum atomic E-state index is 0.614. The van der Waals surface area contributed by atoms with E-state index in [9.17, 15) is 0 Å². The van der Waals surface area contributed by atoms with Gasteiger partial charge in [0.25, 0.3) is 0 Å². The second-order valence-corrected chi connectivity index (χ2v) is 3.47. The molecule has 0 radical (unpaired) electrons. The van der Waals surface area contributed by atoms with Gasteiger partial charge in [0.1, 0.15) is 0 Å². The Hall–Kier alpha value is -1.06. The molecule has 1 aromatic rings. The summed E-state index contributed by atoms with van der Waals surface area (Å²) in [6, 6.07) is 8.44. The molecule has 3 heteroatoms. The standard InChI is InChI=1S/C11H16N2O.C2H6/c12-9-10-1-3-11(4-2-10)13-5-7-14-8-6-13;1-2/h1-4H,5-9,12H2;1-2H3. The molecule has 1 aliphatic heterocycles. The maximum absolute atomic E-state index is 5.54. The molecule has 0 saturated carbocycles. The lowest BCUT2D eigenvalue weighted by atomic mass is 10.2. The van der Waals surface area contributed by atoms with Crippen molar-refractivity contribution in [2.24, 2.45) is 5.73 Å². The molecule has 0 spiro atoms. The summed E-state index contributed by atoms with van der Waals surface area (Å²) in [7, 11) is 0. The fourth-order valence-electron chi connectivity index (χ4n) is 1.66. The van der Waals surface area contributed by atoms with Crippen LogP contribution in [0.4, 0.5) is 5.69 Å². The van der Waals surface area contributed by atoms with Crippen molar-refractivity contribution >= 4 is 5.69 Å². The lowest BCUT2D eigenvalue weighted by Crippen LogP contribution is -2.36. The third kappa shape index (κ3) is 3.51. The van der Waals surface area contributed by atoms with Gasteiger partial charge in [-0.05, 0) is 17.7 Å². The lowest BCUT2D eigenvalue weighted by Gasteiger charge is -2.28. The minimum absolute atomic E-state index is 0.614. The fourth-order valence-corrected chi connectivity index (χ4v) is 1.66. The number of anilines is 1. The second-order valence-electron chi connectivity index (χ2n) is 3.47. The molecule has 0 bridgehead atoms. The molecular weight excluding hydrogens is 200 g/mol. The molecule has 2 N–H and O–H groups in total. The SMILES string of the molecule is CC.NCc1ccc(N2CCOCC2)cc1. The number of hydrogen-bond acceptors (Lipinski definition) is 3. The van der Waals surface area contributed by atoms with Crippen LogP contribution in [-0.2, 0) is 11.3 Å². The van der Waals surface area contributed by atoms with E-state index in [1.165, 1.54) is 11.3 Å². The Morgan fingerprint density at radius 2 is 1.69 bits per heavy atom. The fraction of sp³-hybridized carbons (Fsp3) is 0.538. The van der Waals surface area contributed by atoms with Crippen LogP contribution in [0.5, 0.6) is 0 Å². The van der Waals surface area contributed by atoms with Crippen LogP contribution in [-0.4, -0.2) is 26.3 Å². The molecule has 1 aromatic carbocycles. The van der Waals surface area contributed by atoms with Crippen LogP contribution in [0.1, 0.15) is 19.4 Å². The van der Waals surface area contributed by atoms with Gasteiger partial charge in [-0.1, -0.05) is 26.0 Å². The van der Waals surface area contributed by atoms with E-state index in [2.05, 4.69) is 29.2 Å². The summed E-state index contributed by atoms with van der Waals surface area (Å²) < 4.78 is 5.30. The van der Waals surface area contributed by atoms with Gasteiger partial charge in [0, 0.05) is 25.3 Å². The molecule has 1 saturated heterocycles. The summed E-state index contributed by atoms with van der Waals surface area (Å²) in [5.41, 5.74) is 8.00. The van der Waals surface area contributed by atoms with E-state index >= 15 is 0 Å². The molecule has 90 valence electrons. The third-order valence-electron chi connectivity index (χ3n) is 2.55. The van der Waals surface area contributed by atoms with Crippen LogP contribution in [0, 0.1) is 0 Å². The summed E-state index contributed by atoms with van der Waals surface area (Å²) >= 11 is 0. The van der Waals surface area contributed by atoms with Gasteiger partial charge in [-0.3, -0.25) is 0 Å². The molecule has 1 heterocycles. The highest BCUT2D eigenvalue weighted by Crippen LogP contribution is 2.16. The molecule has 0 amide bonds. The Morgan fingerprint density at radius 1 is 1.12 bits per heavy atom. The zero-order chi connectivity index (χ0) is 11.8. The van der Waals surface area contributed by atoms with Gasteiger partial charge in [0.05, 0.1) is 13.2 Å². The monoisotopic (exact) mass is 222 g/mol. The summed E-state index contributed by atoms with van der Waals surface area (Å²) in [4.78, 5) is 2.34. The average Bonchev–Trinajstić information content (AvgIpc) is 2.42. The first kappa shape index (κ1) is 13.0. The predicted molar refractivity (Wildman–Crippen MR) is 68.7 cm³/mol. The van der Waals surface area contributed by atoms with E-state index in [1.807, 2.05) is 13.8 Å². The van der Waals surface area contributed by atoms with E-state index in [-0.39, 0.29) is 0 Å². The van der Waals surface area contributed by atoms with Crippen LogP contribution in [0.2, 0.25) is 0 Å². The maximum Gasteiger partial charge on any atom is 0.0642 e. The van der Waals surface area contributed by atoms with Crippen molar-refractivity contribution in [2.75, 3.05) is 31.2 Å². The van der Waals surface area contributed by atoms with Gasteiger partial charge >= 0.3 is 0 Å². The van der Waals surface area contributed by atoms with Gasteiger partial charge in [-0.15, -0.1) is 0 Å². The van der Waals surface area contributed by atoms with Crippen molar-refractivity contribution < 1.29 is 4.74 Å². The summed E-state index contributed by atoms with van der Waals surface area (Å²) in [6.07, 6.45) is 0. The quantitative estimate of drug-likeness (QED) is 0.832. The maximum atomic E-state index is 5.54. The highest BCUT2D eigenvalue weighted by atomic mass is 16.5. The van der Waals surface area contributed by atoms with E-state index in [4.69, 9.17) is 10.5 Å². The number of nitrogens with zero attached hydrogens (tertiary/aromatic N) is 1. The Balaban J connectivity index is 0.000000606. The average molecular weight is 222 g/mol. The van der Waals surface area contributed by atoms with Crippen molar-refractivity contribution in [2.45, 2.75) is 20.4 Å².